The van der Waals surface area contributed by atoms with Crippen LogP contribution in [0.25, 0.3) is 0 Å². The Morgan fingerprint density at radius 2 is 2.05 bits per heavy atom. The number of carboxylic acids is 1. The molecule has 0 fully saturated rings. The maximum atomic E-state index is 12.1. The Hall–Kier alpha value is -1.46. The molecule has 2 amide bonds. The molecule has 1 unspecified atom stereocenters. The van der Waals surface area contributed by atoms with Gasteiger partial charge in [0, 0.05) is 13.1 Å². The van der Waals surface area contributed by atoms with E-state index in [4.69, 9.17) is 28.3 Å². The number of nitrogens with one attached hydrogen (secondary N) is 1. The van der Waals surface area contributed by atoms with Gasteiger partial charge in [0.15, 0.2) is 0 Å². The average Bonchev–Trinajstić information content (AvgIpc) is 2.41. The minimum Gasteiger partial charge on any atom is -0.481 e. The molecule has 2 N–H and O–H groups in total. The van der Waals surface area contributed by atoms with Gasteiger partial charge >= 0.3 is 12.0 Å². The highest BCUT2D eigenvalue weighted by atomic mass is 35.5. The number of rotatable bonds is 3. The molecule has 0 spiro atoms. The standard InChI is InChI=1S/C14H16Cl2N2O3/c1-8-10-7-12(16)11(15)6-9(10)3-5-18(8)14(21)17-4-2-13(19)20/h6-8H,2-5H2,1H3,(H,17,21)(H,19,20). The molecule has 1 aliphatic heterocycles. The van der Waals surface area contributed by atoms with Gasteiger partial charge < -0.3 is 15.3 Å². The molecule has 5 nitrogen and oxygen atoms in total. The van der Waals surface area contributed by atoms with E-state index in [9.17, 15) is 9.59 Å². The van der Waals surface area contributed by atoms with Crippen LogP contribution in [-0.4, -0.2) is 35.1 Å². The van der Waals surface area contributed by atoms with E-state index in [-0.39, 0.29) is 25.0 Å². The Morgan fingerprint density at radius 1 is 1.38 bits per heavy atom. The minimum atomic E-state index is -0.936. The quantitative estimate of drug-likeness (QED) is 0.894. The van der Waals surface area contributed by atoms with Crippen LogP contribution < -0.4 is 5.32 Å². The summed E-state index contributed by atoms with van der Waals surface area (Å²) in [5, 5.41) is 12.2. The number of aliphatic carboxylic acids is 1. The minimum absolute atomic E-state index is 0.0913. The third kappa shape index (κ3) is 3.60. The normalized spacial score (nSPS) is 17.3. The highest BCUT2D eigenvalue weighted by molar-refractivity contribution is 6.42. The van der Waals surface area contributed by atoms with Crippen LogP contribution in [-0.2, 0) is 11.2 Å². The van der Waals surface area contributed by atoms with Crippen LogP contribution in [0.3, 0.4) is 0 Å². The molecule has 21 heavy (non-hydrogen) atoms. The van der Waals surface area contributed by atoms with Crippen molar-refractivity contribution in [2.75, 3.05) is 13.1 Å². The molecule has 1 atom stereocenters. The van der Waals surface area contributed by atoms with Crippen LogP contribution in [0, 0.1) is 0 Å². The third-order valence-corrected chi connectivity index (χ3v) is 4.32. The molecule has 0 saturated carbocycles. The van der Waals surface area contributed by atoms with Gasteiger partial charge in [-0.1, -0.05) is 23.2 Å². The number of halogens is 2. The maximum Gasteiger partial charge on any atom is 0.317 e. The number of hydrogen-bond donors (Lipinski definition) is 2. The molecule has 0 bridgehead atoms. The number of urea groups is 1. The van der Waals surface area contributed by atoms with Crippen molar-refractivity contribution in [3.8, 4) is 0 Å². The highest BCUT2D eigenvalue weighted by Crippen LogP contribution is 2.35. The van der Waals surface area contributed by atoms with Gasteiger partial charge in [-0.05, 0) is 36.6 Å². The molecule has 1 aliphatic rings. The number of fused-ring (bicyclic) bond motifs is 1. The van der Waals surface area contributed by atoms with Crippen molar-refractivity contribution in [2.45, 2.75) is 25.8 Å². The molecule has 0 aromatic heterocycles. The van der Waals surface area contributed by atoms with Gasteiger partial charge in [0.1, 0.15) is 0 Å². The Labute approximate surface area is 132 Å². The van der Waals surface area contributed by atoms with E-state index >= 15 is 0 Å². The van der Waals surface area contributed by atoms with Gasteiger partial charge in [-0.2, -0.15) is 0 Å². The fourth-order valence-corrected chi connectivity index (χ4v) is 2.82. The first-order chi connectivity index (χ1) is 9.90. The largest absolute Gasteiger partial charge is 0.481 e. The van der Waals surface area contributed by atoms with Crippen LogP contribution in [0.4, 0.5) is 4.79 Å². The van der Waals surface area contributed by atoms with E-state index in [1.54, 1.807) is 11.0 Å². The molecule has 1 aromatic carbocycles. The second-order valence-corrected chi connectivity index (χ2v) is 5.77. The summed E-state index contributed by atoms with van der Waals surface area (Å²) in [5.74, 6) is -0.936. The van der Waals surface area contributed by atoms with E-state index in [0.29, 0.717) is 23.0 Å². The highest BCUT2D eigenvalue weighted by Gasteiger charge is 2.28. The van der Waals surface area contributed by atoms with Crippen molar-refractivity contribution < 1.29 is 14.7 Å². The number of hydrogen-bond acceptors (Lipinski definition) is 2. The smallest absolute Gasteiger partial charge is 0.317 e. The Morgan fingerprint density at radius 3 is 2.71 bits per heavy atom. The van der Waals surface area contributed by atoms with Crippen molar-refractivity contribution in [1.82, 2.24) is 10.2 Å². The zero-order valence-electron chi connectivity index (χ0n) is 11.5. The first-order valence-corrected chi connectivity index (χ1v) is 7.40. The van der Waals surface area contributed by atoms with Gasteiger partial charge in [0.05, 0.1) is 22.5 Å². The molecule has 0 radical (unpaired) electrons. The van der Waals surface area contributed by atoms with Crippen molar-refractivity contribution in [2.24, 2.45) is 0 Å². The van der Waals surface area contributed by atoms with E-state index < -0.39 is 5.97 Å². The summed E-state index contributed by atoms with van der Waals surface area (Å²) in [6.45, 7) is 2.59. The van der Waals surface area contributed by atoms with E-state index in [2.05, 4.69) is 5.32 Å². The number of amides is 2. The number of carbonyl (C=O) groups excluding carboxylic acids is 1. The summed E-state index contributed by atoms with van der Waals surface area (Å²) in [7, 11) is 0. The molecule has 114 valence electrons. The van der Waals surface area contributed by atoms with Gasteiger partial charge in [-0.3, -0.25) is 4.79 Å². The summed E-state index contributed by atoms with van der Waals surface area (Å²) < 4.78 is 0. The van der Waals surface area contributed by atoms with Crippen molar-refractivity contribution >= 4 is 35.2 Å². The zero-order chi connectivity index (χ0) is 15.6. The Bertz CT molecular complexity index is 578. The summed E-state index contributed by atoms with van der Waals surface area (Å²) in [5.41, 5.74) is 2.07. The SMILES string of the molecule is CC1c2cc(Cl)c(Cl)cc2CCN1C(=O)NCCC(=O)O. The van der Waals surface area contributed by atoms with Gasteiger partial charge in [-0.15, -0.1) is 0 Å². The van der Waals surface area contributed by atoms with Crippen molar-refractivity contribution in [3.05, 3.63) is 33.3 Å². The Kier molecular flexibility index (Phi) is 4.96. The number of nitrogens with zero attached hydrogens (tertiary/aromatic N) is 1. The predicted octanol–water partition coefficient (Wildman–Crippen LogP) is 3.10. The van der Waals surface area contributed by atoms with Gasteiger partial charge in [0.2, 0.25) is 0 Å². The van der Waals surface area contributed by atoms with Crippen LogP contribution in [0.15, 0.2) is 12.1 Å². The zero-order valence-corrected chi connectivity index (χ0v) is 13.0. The van der Waals surface area contributed by atoms with Gasteiger partial charge in [0.25, 0.3) is 0 Å². The summed E-state index contributed by atoms with van der Waals surface area (Å²) >= 11 is 12.1. The fourth-order valence-electron chi connectivity index (χ4n) is 2.47. The fraction of sp³-hybridized carbons (Fsp3) is 0.429. The number of carboxylic acid groups (broad SMARTS) is 1. The molecule has 0 aliphatic carbocycles. The number of carbonyl (C=O) groups is 2. The predicted molar refractivity (Wildman–Crippen MR) is 80.9 cm³/mol. The first-order valence-electron chi connectivity index (χ1n) is 6.64. The monoisotopic (exact) mass is 330 g/mol. The molecule has 7 heteroatoms. The molecule has 2 rings (SSSR count). The van der Waals surface area contributed by atoms with Crippen LogP contribution in [0.1, 0.15) is 30.5 Å². The molecule has 0 saturated heterocycles. The summed E-state index contributed by atoms with van der Waals surface area (Å²) in [4.78, 5) is 24.3. The van der Waals surface area contributed by atoms with Gasteiger partial charge in [-0.25, -0.2) is 4.79 Å². The second kappa shape index (κ2) is 6.54. The van der Waals surface area contributed by atoms with E-state index in [1.807, 2.05) is 13.0 Å². The first kappa shape index (κ1) is 15.9. The van der Waals surface area contributed by atoms with Crippen molar-refractivity contribution in [3.63, 3.8) is 0 Å². The summed E-state index contributed by atoms with van der Waals surface area (Å²) in [6, 6.07) is 3.24. The number of benzene rings is 1. The van der Waals surface area contributed by atoms with Crippen molar-refractivity contribution in [1.29, 1.82) is 0 Å². The molecule has 1 heterocycles. The maximum absolute atomic E-state index is 12.1. The Balaban J connectivity index is 2.09. The summed E-state index contributed by atoms with van der Waals surface area (Å²) in [6.07, 6.45) is 0.606. The molecule has 1 aromatic rings. The second-order valence-electron chi connectivity index (χ2n) is 4.96. The van der Waals surface area contributed by atoms with E-state index in [0.717, 1.165) is 11.1 Å². The third-order valence-electron chi connectivity index (χ3n) is 3.60. The van der Waals surface area contributed by atoms with Crippen LogP contribution >= 0.6 is 23.2 Å². The topological polar surface area (TPSA) is 69.6 Å². The lowest BCUT2D eigenvalue weighted by molar-refractivity contribution is -0.136. The molecular weight excluding hydrogens is 315 g/mol. The van der Waals surface area contributed by atoms with Crippen LogP contribution in [0.2, 0.25) is 10.0 Å². The lowest BCUT2D eigenvalue weighted by atomic mass is 9.94. The molecular formula is C14H16Cl2N2O3. The average molecular weight is 331 g/mol. The van der Waals surface area contributed by atoms with Crippen LogP contribution in [0.5, 0.6) is 0 Å². The van der Waals surface area contributed by atoms with E-state index in [1.165, 1.54) is 0 Å². The lowest BCUT2D eigenvalue weighted by Crippen LogP contribution is -2.45. The lowest BCUT2D eigenvalue weighted by Gasteiger charge is -2.35.